The van der Waals surface area contributed by atoms with Gasteiger partial charge in [-0.15, -0.1) is 0 Å². The van der Waals surface area contributed by atoms with Crippen LogP contribution in [0, 0.1) is 6.92 Å². The minimum Gasteiger partial charge on any atom is -0.207 e. The molecule has 1 aromatic carbocycles. The molecule has 114 valence electrons. The van der Waals surface area contributed by atoms with E-state index in [1.807, 2.05) is 13.0 Å². The van der Waals surface area contributed by atoms with Crippen molar-refractivity contribution in [2.45, 2.75) is 31.1 Å². The van der Waals surface area contributed by atoms with Crippen LogP contribution in [0.2, 0.25) is 0 Å². The molecule has 0 N–H and O–H groups in total. The molecule has 0 aromatic heterocycles. The Morgan fingerprint density at radius 2 is 1.75 bits per heavy atom. The van der Waals surface area contributed by atoms with E-state index in [9.17, 15) is 8.42 Å². The predicted octanol–water partition coefficient (Wildman–Crippen LogP) is 4.71. The van der Waals surface area contributed by atoms with Crippen LogP contribution in [0.3, 0.4) is 0 Å². The van der Waals surface area contributed by atoms with Gasteiger partial charge >= 0.3 is 0 Å². The third-order valence-corrected chi connectivity index (χ3v) is 7.24. The zero-order valence-corrected chi connectivity index (χ0v) is 17.1. The molecule has 0 amide bonds. The predicted molar refractivity (Wildman–Crippen MR) is 94.0 cm³/mol. The molecule has 0 fully saturated rings. The summed E-state index contributed by atoms with van der Waals surface area (Å²) in [5, 5.41) is 0.958. The fourth-order valence-electron chi connectivity index (χ4n) is 1.72. The molecule has 0 radical (unpaired) electrons. The van der Waals surface area contributed by atoms with Gasteiger partial charge < -0.3 is 0 Å². The van der Waals surface area contributed by atoms with Crippen LogP contribution in [-0.2, 0) is 10.0 Å². The molecule has 0 heterocycles. The molecule has 0 spiro atoms. The first-order chi connectivity index (χ1) is 9.30. The van der Waals surface area contributed by atoms with E-state index < -0.39 is 10.0 Å². The smallest absolute Gasteiger partial charge is 0.207 e. The van der Waals surface area contributed by atoms with Crippen molar-refractivity contribution < 1.29 is 8.42 Å². The van der Waals surface area contributed by atoms with Crippen LogP contribution in [0.4, 0.5) is 0 Å². The molecule has 1 rings (SSSR count). The highest BCUT2D eigenvalue weighted by molar-refractivity contribution is 9.11. The van der Waals surface area contributed by atoms with Crippen LogP contribution in [0.25, 0.3) is 0 Å². The Morgan fingerprint density at radius 3 is 2.35 bits per heavy atom. The van der Waals surface area contributed by atoms with Crippen LogP contribution in [0.15, 0.2) is 26.0 Å². The topological polar surface area (TPSA) is 37.4 Å². The van der Waals surface area contributed by atoms with E-state index in [-0.39, 0.29) is 0 Å². The van der Waals surface area contributed by atoms with Gasteiger partial charge in [-0.3, -0.25) is 0 Å². The lowest BCUT2D eigenvalue weighted by Gasteiger charge is -2.18. The van der Waals surface area contributed by atoms with E-state index >= 15 is 0 Å². The van der Waals surface area contributed by atoms with Gasteiger partial charge in [-0.1, -0.05) is 38.3 Å². The molecule has 7 heteroatoms. The van der Waals surface area contributed by atoms with Crippen molar-refractivity contribution in [2.75, 3.05) is 18.9 Å². The summed E-state index contributed by atoms with van der Waals surface area (Å²) >= 11 is 10.1. The van der Waals surface area contributed by atoms with Crippen molar-refractivity contribution in [1.82, 2.24) is 4.31 Å². The molecule has 0 atom stereocenters. The van der Waals surface area contributed by atoms with E-state index in [1.165, 1.54) is 4.31 Å². The second-order valence-electron chi connectivity index (χ2n) is 4.61. The minimum absolute atomic E-state index is 0.304. The van der Waals surface area contributed by atoms with Gasteiger partial charge in [0.05, 0.1) is 4.90 Å². The monoisotopic (exact) mass is 489 g/mol. The largest absolute Gasteiger partial charge is 0.243 e. The maximum atomic E-state index is 12.5. The summed E-state index contributed by atoms with van der Waals surface area (Å²) in [6.45, 7) is 2.46. The van der Waals surface area contributed by atoms with Crippen molar-refractivity contribution in [3.63, 3.8) is 0 Å². The first-order valence-corrected chi connectivity index (χ1v) is 10.4. The summed E-state index contributed by atoms with van der Waals surface area (Å²) in [5.41, 5.74) is 0.996. The lowest BCUT2D eigenvalue weighted by molar-refractivity contribution is 0.454. The van der Waals surface area contributed by atoms with Crippen molar-refractivity contribution >= 4 is 57.8 Å². The number of rotatable bonds is 7. The minimum atomic E-state index is -3.45. The normalized spacial score (nSPS) is 12.1. The van der Waals surface area contributed by atoms with Gasteiger partial charge in [0, 0.05) is 27.9 Å². The Labute approximate surface area is 146 Å². The summed E-state index contributed by atoms with van der Waals surface area (Å²) in [5.74, 6) is 0. The van der Waals surface area contributed by atoms with Gasteiger partial charge in [-0.2, -0.15) is 0 Å². The Kier molecular flexibility index (Phi) is 7.70. The lowest BCUT2D eigenvalue weighted by atomic mass is 10.2. The van der Waals surface area contributed by atoms with Gasteiger partial charge in [0.15, 0.2) is 0 Å². The van der Waals surface area contributed by atoms with Crippen LogP contribution in [-0.4, -0.2) is 31.6 Å². The Morgan fingerprint density at radius 1 is 1.10 bits per heavy atom. The fourth-order valence-corrected chi connectivity index (χ4v) is 4.96. The van der Waals surface area contributed by atoms with Gasteiger partial charge in [0.2, 0.25) is 10.0 Å². The number of aryl methyl sites for hydroxylation is 1. The van der Waals surface area contributed by atoms with E-state index in [2.05, 4.69) is 47.8 Å². The van der Waals surface area contributed by atoms with Gasteiger partial charge in [0.25, 0.3) is 0 Å². The van der Waals surface area contributed by atoms with Crippen LogP contribution in [0.1, 0.15) is 24.8 Å². The highest BCUT2D eigenvalue weighted by Crippen LogP contribution is 2.30. The zero-order valence-electron chi connectivity index (χ0n) is 11.5. The molecule has 0 aliphatic rings. The molecule has 3 nitrogen and oxygen atoms in total. The third-order valence-electron chi connectivity index (χ3n) is 3.01. The van der Waals surface area contributed by atoms with Crippen molar-refractivity contribution in [1.29, 1.82) is 0 Å². The third kappa shape index (κ3) is 4.80. The molecule has 20 heavy (non-hydrogen) atoms. The number of benzene rings is 1. The zero-order chi connectivity index (χ0) is 15.3. The fraction of sp³-hybridized carbons (Fsp3) is 0.538. The molecule has 0 aliphatic carbocycles. The molecule has 1 aromatic rings. The molecular formula is C13H18Br3NO2S. The second kappa shape index (κ2) is 8.27. The molecule has 0 saturated heterocycles. The Balaban J connectivity index is 2.90. The van der Waals surface area contributed by atoms with Crippen LogP contribution in [0.5, 0.6) is 0 Å². The number of halogens is 3. The quantitative estimate of drug-likeness (QED) is 0.409. The van der Waals surface area contributed by atoms with Crippen LogP contribution >= 0.6 is 47.8 Å². The number of hydrogen-bond acceptors (Lipinski definition) is 2. The Bertz CT molecular complexity index is 561. The molecule has 0 saturated carbocycles. The van der Waals surface area contributed by atoms with E-state index in [4.69, 9.17) is 0 Å². The van der Waals surface area contributed by atoms with E-state index in [0.717, 1.165) is 34.6 Å². The number of unbranched alkanes of at least 4 members (excludes halogenated alkanes) is 2. The van der Waals surface area contributed by atoms with Crippen LogP contribution < -0.4 is 0 Å². The average molecular weight is 492 g/mol. The summed E-state index contributed by atoms with van der Waals surface area (Å²) < 4.78 is 27.9. The summed E-state index contributed by atoms with van der Waals surface area (Å²) in [6.07, 6.45) is 2.95. The first kappa shape index (κ1) is 18.6. The summed E-state index contributed by atoms with van der Waals surface area (Å²) in [4.78, 5) is 0.304. The van der Waals surface area contributed by atoms with Gasteiger partial charge in [0.1, 0.15) is 0 Å². The van der Waals surface area contributed by atoms with E-state index in [1.54, 1.807) is 13.1 Å². The maximum absolute atomic E-state index is 12.5. The number of nitrogens with zero attached hydrogens (tertiary/aromatic N) is 1. The number of sulfonamides is 1. The second-order valence-corrected chi connectivity index (χ2v) is 9.12. The molecular weight excluding hydrogens is 474 g/mol. The highest BCUT2D eigenvalue weighted by Gasteiger charge is 2.23. The van der Waals surface area contributed by atoms with Crippen molar-refractivity contribution in [3.05, 3.63) is 26.6 Å². The standard InChI is InChI=1S/C13H18Br3NO2S/c1-10-8-12(16)13(9-11(10)15)20(18,19)17(2)7-5-3-4-6-14/h8-9H,3-7H2,1-2H3. The number of hydrogen-bond donors (Lipinski definition) is 0. The summed E-state index contributed by atoms with van der Waals surface area (Å²) in [7, 11) is -1.82. The Hall–Kier alpha value is 0.570. The molecule has 0 aliphatic heterocycles. The van der Waals surface area contributed by atoms with Crippen molar-refractivity contribution in [3.8, 4) is 0 Å². The highest BCUT2D eigenvalue weighted by atomic mass is 79.9. The van der Waals surface area contributed by atoms with Crippen molar-refractivity contribution in [2.24, 2.45) is 0 Å². The van der Waals surface area contributed by atoms with E-state index in [0.29, 0.717) is 15.9 Å². The van der Waals surface area contributed by atoms with Gasteiger partial charge in [-0.05, 0) is 53.4 Å². The SMILES string of the molecule is Cc1cc(Br)c(S(=O)(=O)N(C)CCCCCBr)cc1Br. The van der Waals surface area contributed by atoms with Gasteiger partial charge in [-0.25, -0.2) is 12.7 Å². The average Bonchev–Trinajstić information content (AvgIpc) is 2.38. The maximum Gasteiger partial charge on any atom is 0.243 e. The number of alkyl halides is 1. The molecule has 0 unspecified atom stereocenters. The lowest BCUT2D eigenvalue weighted by Crippen LogP contribution is -2.28. The first-order valence-electron chi connectivity index (χ1n) is 6.28. The molecule has 0 bridgehead atoms. The summed E-state index contributed by atoms with van der Waals surface area (Å²) in [6, 6.07) is 3.47.